The number of benzene rings is 3. The highest BCUT2D eigenvalue weighted by atomic mass is 35.5. The predicted molar refractivity (Wildman–Crippen MR) is 148 cm³/mol. The maximum absolute atomic E-state index is 13.8. The zero-order chi connectivity index (χ0) is 24.7. The van der Waals surface area contributed by atoms with Crippen molar-refractivity contribution in [3.63, 3.8) is 0 Å². The van der Waals surface area contributed by atoms with Gasteiger partial charge in [-0.05, 0) is 105 Å². The van der Waals surface area contributed by atoms with Gasteiger partial charge in [0.2, 0.25) is 0 Å². The van der Waals surface area contributed by atoms with Crippen LogP contribution in [0.4, 0.5) is 5.69 Å². The average molecular weight is 529 g/mol. The van der Waals surface area contributed by atoms with E-state index in [1.807, 2.05) is 42.7 Å². The van der Waals surface area contributed by atoms with Gasteiger partial charge in [-0.25, -0.2) is 8.42 Å². The summed E-state index contributed by atoms with van der Waals surface area (Å²) in [7, 11) is -3.79. The molecule has 4 rings (SSSR count). The Morgan fingerprint density at radius 2 is 1.63 bits per heavy atom. The fourth-order valence-corrected chi connectivity index (χ4v) is 6.61. The van der Waals surface area contributed by atoms with Crippen LogP contribution in [0.2, 0.25) is 5.02 Å². The minimum absolute atomic E-state index is 0.235. The molecule has 0 N–H and O–H groups in total. The molecule has 186 valence electrons. The molecule has 0 saturated carbocycles. The van der Waals surface area contributed by atoms with E-state index in [2.05, 4.69) is 17.0 Å². The van der Waals surface area contributed by atoms with Gasteiger partial charge >= 0.3 is 0 Å². The van der Waals surface area contributed by atoms with E-state index in [-0.39, 0.29) is 11.4 Å². The minimum atomic E-state index is -3.79. The van der Waals surface area contributed by atoms with E-state index in [0.29, 0.717) is 10.7 Å². The summed E-state index contributed by atoms with van der Waals surface area (Å²) in [5.41, 5.74) is 2.91. The van der Waals surface area contributed by atoms with Crippen molar-refractivity contribution in [1.29, 1.82) is 0 Å². The molecule has 0 atom stereocenters. The van der Waals surface area contributed by atoms with Gasteiger partial charge in [-0.15, -0.1) is 11.8 Å². The molecule has 1 aliphatic heterocycles. The van der Waals surface area contributed by atoms with Crippen LogP contribution in [0.25, 0.3) is 0 Å². The zero-order valence-electron chi connectivity index (χ0n) is 20.2. The smallest absolute Gasteiger partial charge is 0.264 e. The number of hydrogen-bond acceptors (Lipinski definition) is 4. The highest BCUT2D eigenvalue weighted by molar-refractivity contribution is 7.98. The van der Waals surface area contributed by atoms with Crippen molar-refractivity contribution >= 4 is 39.1 Å². The van der Waals surface area contributed by atoms with E-state index in [1.54, 1.807) is 36.0 Å². The van der Waals surface area contributed by atoms with Gasteiger partial charge in [0, 0.05) is 9.92 Å². The number of halogens is 1. The molecule has 35 heavy (non-hydrogen) atoms. The molecule has 1 aliphatic rings. The first-order valence-corrected chi connectivity index (χ1v) is 15.2. The molecule has 7 heteroatoms. The second kappa shape index (κ2) is 12.3. The van der Waals surface area contributed by atoms with Crippen molar-refractivity contribution in [2.45, 2.75) is 48.4 Å². The summed E-state index contributed by atoms with van der Waals surface area (Å²) in [6.07, 6.45) is 7.94. The third-order valence-electron chi connectivity index (χ3n) is 6.54. The molecule has 0 unspecified atom stereocenters. The second-order valence-electron chi connectivity index (χ2n) is 8.94. The van der Waals surface area contributed by atoms with Gasteiger partial charge < -0.3 is 4.90 Å². The number of piperidine rings is 1. The molecule has 3 aromatic carbocycles. The molecule has 0 aromatic heterocycles. The number of thioether (sulfide) groups is 1. The molecule has 1 heterocycles. The van der Waals surface area contributed by atoms with Crippen molar-refractivity contribution in [1.82, 2.24) is 4.90 Å². The van der Waals surface area contributed by atoms with E-state index in [0.717, 1.165) is 29.8 Å². The van der Waals surface area contributed by atoms with Crippen LogP contribution in [0.3, 0.4) is 0 Å². The van der Waals surface area contributed by atoms with E-state index in [4.69, 9.17) is 11.6 Å². The molecular formula is C28H33ClN2O2S2. The van der Waals surface area contributed by atoms with E-state index >= 15 is 0 Å². The maximum Gasteiger partial charge on any atom is 0.264 e. The summed E-state index contributed by atoms with van der Waals surface area (Å²) in [6.45, 7) is 3.76. The van der Waals surface area contributed by atoms with Crippen LogP contribution in [-0.2, 0) is 23.0 Å². The van der Waals surface area contributed by atoms with E-state index < -0.39 is 10.0 Å². The van der Waals surface area contributed by atoms with Gasteiger partial charge in [-0.3, -0.25) is 4.31 Å². The topological polar surface area (TPSA) is 40.6 Å². The third kappa shape index (κ3) is 6.82. The van der Waals surface area contributed by atoms with Gasteiger partial charge in [0.25, 0.3) is 10.0 Å². The third-order valence-corrected chi connectivity index (χ3v) is 9.31. The molecule has 0 bridgehead atoms. The Hall–Kier alpha value is -1.99. The zero-order valence-corrected chi connectivity index (χ0v) is 22.6. The predicted octanol–water partition coefficient (Wildman–Crippen LogP) is 6.88. The molecular weight excluding hydrogens is 496 g/mol. The number of sulfonamides is 1. The largest absolute Gasteiger partial charge is 0.303 e. The average Bonchev–Trinajstić information content (AvgIpc) is 2.89. The van der Waals surface area contributed by atoms with Crippen LogP contribution >= 0.6 is 23.4 Å². The SMILES string of the molecule is CSc1cccc(N(Cc2ccccc2CCCN2CCCCC2)S(=O)(=O)c2ccc(Cl)cc2)c1. The Morgan fingerprint density at radius 1 is 0.914 bits per heavy atom. The Morgan fingerprint density at radius 3 is 2.34 bits per heavy atom. The van der Waals surface area contributed by atoms with Crippen LogP contribution in [-0.4, -0.2) is 39.2 Å². The summed E-state index contributed by atoms with van der Waals surface area (Å²) >= 11 is 7.64. The highest BCUT2D eigenvalue weighted by Crippen LogP contribution is 2.30. The summed E-state index contributed by atoms with van der Waals surface area (Å²) in [4.78, 5) is 3.81. The van der Waals surface area contributed by atoms with Gasteiger partial charge in [0.15, 0.2) is 0 Å². The summed E-state index contributed by atoms with van der Waals surface area (Å²) < 4.78 is 29.2. The quantitative estimate of drug-likeness (QED) is 0.269. The first-order valence-electron chi connectivity index (χ1n) is 12.2. The van der Waals surface area contributed by atoms with Crippen LogP contribution in [0.15, 0.2) is 82.6 Å². The number of nitrogens with zero attached hydrogens (tertiary/aromatic N) is 2. The second-order valence-corrected chi connectivity index (χ2v) is 12.1. The molecule has 0 amide bonds. The molecule has 0 spiro atoms. The fraction of sp³-hybridized carbons (Fsp3) is 0.357. The fourth-order valence-electron chi connectivity index (χ4n) is 4.60. The summed E-state index contributed by atoms with van der Waals surface area (Å²) in [6, 6.07) is 22.4. The van der Waals surface area contributed by atoms with Gasteiger partial charge in [-0.1, -0.05) is 48.4 Å². The Kier molecular flexibility index (Phi) is 9.17. The van der Waals surface area contributed by atoms with E-state index in [1.165, 1.54) is 42.2 Å². The summed E-state index contributed by atoms with van der Waals surface area (Å²) in [5.74, 6) is 0. The molecule has 3 aromatic rings. The van der Waals surface area contributed by atoms with Crippen LogP contribution in [0.1, 0.15) is 36.8 Å². The van der Waals surface area contributed by atoms with E-state index in [9.17, 15) is 8.42 Å². The maximum atomic E-state index is 13.8. The first kappa shape index (κ1) is 26.1. The van der Waals surface area contributed by atoms with Crippen LogP contribution < -0.4 is 4.31 Å². The molecule has 1 fully saturated rings. The van der Waals surface area contributed by atoms with Crippen molar-refractivity contribution in [2.24, 2.45) is 0 Å². The Labute approximate surface area is 219 Å². The van der Waals surface area contributed by atoms with Crippen molar-refractivity contribution in [3.05, 3.63) is 88.9 Å². The van der Waals surface area contributed by atoms with Crippen molar-refractivity contribution < 1.29 is 8.42 Å². The van der Waals surface area contributed by atoms with Gasteiger partial charge in [0.05, 0.1) is 17.1 Å². The number of likely N-dealkylation sites (tertiary alicyclic amines) is 1. The first-order chi connectivity index (χ1) is 17.0. The Bertz CT molecular complexity index is 1210. The standard InChI is InChI=1S/C28H33ClN2O2S2/c1-34-27-13-7-12-26(21-27)31(35(32,33)28-16-14-25(29)15-17-28)22-24-10-4-3-9-23(24)11-8-20-30-18-5-2-6-19-30/h3-4,7,9-10,12-17,21H,2,5-6,8,11,18-20,22H2,1H3. The number of aryl methyl sites for hydroxylation is 1. The lowest BCUT2D eigenvalue weighted by Crippen LogP contribution is -2.31. The molecule has 1 saturated heterocycles. The Balaban J connectivity index is 1.61. The molecule has 4 nitrogen and oxygen atoms in total. The lowest BCUT2D eigenvalue weighted by molar-refractivity contribution is 0.226. The number of rotatable bonds is 10. The van der Waals surface area contributed by atoms with Crippen LogP contribution in [0.5, 0.6) is 0 Å². The van der Waals surface area contributed by atoms with Gasteiger partial charge in [0.1, 0.15) is 0 Å². The van der Waals surface area contributed by atoms with Crippen molar-refractivity contribution in [2.75, 3.05) is 30.2 Å². The van der Waals surface area contributed by atoms with Crippen LogP contribution in [0, 0.1) is 0 Å². The normalized spacial score (nSPS) is 14.7. The lowest BCUT2D eigenvalue weighted by atomic mass is 10.0. The monoisotopic (exact) mass is 528 g/mol. The minimum Gasteiger partial charge on any atom is -0.303 e. The molecule has 0 aliphatic carbocycles. The summed E-state index contributed by atoms with van der Waals surface area (Å²) in [5, 5.41) is 0.513. The number of hydrogen-bond donors (Lipinski definition) is 0. The van der Waals surface area contributed by atoms with Gasteiger partial charge in [-0.2, -0.15) is 0 Å². The van der Waals surface area contributed by atoms with Crippen molar-refractivity contribution in [3.8, 4) is 0 Å². The number of anilines is 1. The lowest BCUT2D eigenvalue weighted by Gasteiger charge is -2.27. The highest BCUT2D eigenvalue weighted by Gasteiger charge is 2.26. The molecule has 0 radical (unpaired) electrons.